The molecule has 1 aliphatic rings. The standard InChI is InChI=1S/C14H15ClF2N2S/c1-20-14(3-4-14)8-19-11-7-9(16)6-10(17)13(11)18-12(19)2-5-15/h6-7H,2-5,8H2,1H3. The summed E-state index contributed by atoms with van der Waals surface area (Å²) in [6.07, 6.45) is 4.90. The third-order valence-electron chi connectivity index (χ3n) is 3.86. The van der Waals surface area contributed by atoms with Crippen molar-refractivity contribution in [1.82, 2.24) is 9.55 Å². The van der Waals surface area contributed by atoms with Crippen LogP contribution in [0.25, 0.3) is 11.0 Å². The Morgan fingerprint density at radius 3 is 2.75 bits per heavy atom. The summed E-state index contributed by atoms with van der Waals surface area (Å²) >= 11 is 7.61. The van der Waals surface area contributed by atoms with Gasteiger partial charge in [-0.15, -0.1) is 11.6 Å². The van der Waals surface area contributed by atoms with E-state index in [-0.39, 0.29) is 10.3 Å². The molecule has 0 N–H and O–H groups in total. The number of thioether (sulfide) groups is 1. The minimum Gasteiger partial charge on any atom is -0.326 e. The molecule has 0 saturated heterocycles. The molecule has 0 bridgehead atoms. The lowest BCUT2D eigenvalue weighted by molar-refractivity contribution is 0.589. The van der Waals surface area contributed by atoms with E-state index in [0.717, 1.165) is 31.3 Å². The van der Waals surface area contributed by atoms with Crippen LogP contribution in [0.4, 0.5) is 8.78 Å². The van der Waals surface area contributed by atoms with Crippen molar-refractivity contribution >= 4 is 34.4 Å². The summed E-state index contributed by atoms with van der Waals surface area (Å²) in [5, 5.41) is 0. The fourth-order valence-electron chi connectivity index (χ4n) is 2.50. The molecule has 2 nitrogen and oxygen atoms in total. The number of halogens is 3. The molecule has 0 radical (unpaired) electrons. The van der Waals surface area contributed by atoms with Crippen molar-refractivity contribution in [3.8, 4) is 0 Å². The van der Waals surface area contributed by atoms with E-state index in [4.69, 9.17) is 11.6 Å². The smallest absolute Gasteiger partial charge is 0.153 e. The zero-order valence-electron chi connectivity index (χ0n) is 11.1. The molecule has 0 aliphatic heterocycles. The van der Waals surface area contributed by atoms with E-state index in [0.29, 0.717) is 17.8 Å². The molecule has 1 heterocycles. The second kappa shape index (κ2) is 5.19. The van der Waals surface area contributed by atoms with Crippen LogP contribution in [-0.2, 0) is 13.0 Å². The van der Waals surface area contributed by atoms with Crippen LogP contribution in [0.5, 0.6) is 0 Å². The number of hydrogen-bond acceptors (Lipinski definition) is 2. The fraction of sp³-hybridized carbons (Fsp3) is 0.500. The molecule has 2 aromatic rings. The summed E-state index contributed by atoms with van der Waals surface area (Å²) in [6.45, 7) is 0.736. The van der Waals surface area contributed by atoms with E-state index < -0.39 is 11.6 Å². The zero-order chi connectivity index (χ0) is 14.3. The molecular weight excluding hydrogens is 302 g/mol. The molecule has 0 atom stereocenters. The Labute approximate surface area is 125 Å². The number of alkyl halides is 1. The van der Waals surface area contributed by atoms with Gasteiger partial charge in [0.1, 0.15) is 17.2 Å². The van der Waals surface area contributed by atoms with E-state index in [1.807, 2.05) is 16.3 Å². The molecule has 1 aromatic carbocycles. The first-order chi connectivity index (χ1) is 9.58. The van der Waals surface area contributed by atoms with Gasteiger partial charge in [-0.2, -0.15) is 11.8 Å². The number of imidazole rings is 1. The highest BCUT2D eigenvalue weighted by Gasteiger charge is 2.42. The van der Waals surface area contributed by atoms with Gasteiger partial charge in [0.2, 0.25) is 0 Å². The summed E-state index contributed by atoms with van der Waals surface area (Å²) in [5.41, 5.74) is 0.770. The summed E-state index contributed by atoms with van der Waals surface area (Å²) in [5.74, 6) is -0.0226. The maximum Gasteiger partial charge on any atom is 0.153 e. The highest BCUT2D eigenvalue weighted by Crippen LogP contribution is 2.49. The third kappa shape index (κ3) is 2.42. The van der Waals surface area contributed by atoms with Crippen LogP contribution in [0.1, 0.15) is 18.7 Å². The van der Waals surface area contributed by atoms with Crippen LogP contribution < -0.4 is 0 Å². The number of aryl methyl sites for hydroxylation is 1. The van der Waals surface area contributed by atoms with Crippen molar-refractivity contribution in [2.45, 2.75) is 30.6 Å². The second-order valence-electron chi connectivity index (χ2n) is 5.20. The van der Waals surface area contributed by atoms with Gasteiger partial charge in [0, 0.05) is 29.7 Å². The van der Waals surface area contributed by atoms with Gasteiger partial charge >= 0.3 is 0 Å². The summed E-state index contributed by atoms with van der Waals surface area (Å²) < 4.78 is 29.5. The quantitative estimate of drug-likeness (QED) is 0.776. The third-order valence-corrected chi connectivity index (χ3v) is 5.45. The normalized spacial score (nSPS) is 16.8. The van der Waals surface area contributed by atoms with Gasteiger partial charge < -0.3 is 4.57 Å². The van der Waals surface area contributed by atoms with E-state index in [9.17, 15) is 8.78 Å². The lowest BCUT2D eigenvalue weighted by Gasteiger charge is -2.16. The Balaban J connectivity index is 2.13. The van der Waals surface area contributed by atoms with Gasteiger partial charge in [-0.1, -0.05) is 0 Å². The molecular formula is C14H15ClF2N2S. The largest absolute Gasteiger partial charge is 0.326 e. The highest BCUT2D eigenvalue weighted by atomic mass is 35.5. The molecule has 0 spiro atoms. The molecule has 0 amide bonds. The molecule has 108 valence electrons. The van der Waals surface area contributed by atoms with Gasteiger partial charge in [0.15, 0.2) is 5.82 Å². The molecule has 1 aromatic heterocycles. The van der Waals surface area contributed by atoms with Crippen molar-refractivity contribution < 1.29 is 8.78 Å². The van der Waals surface area contributed by atoms with Crippen LogP contribution in [0.2, 0.25) is 0 Å². The van der Waals surface area contributed by atoms with E-state index in [1.54, 1.807) is 0 Å². The maximum absolute atomic E-state index is 13.9. The number of rotatable bonds is 5. The zero-order valence-corrected chi connectivity index (χ0v) is 12.7. The molecule has 1 aliphatic carbocycles. The van der Waals surface area contributed by atoms with Gasteiger partial charge in [0.25, 0.3) is 0 Å². The van der Waals surface area contributed by atoms with Gasteiger partial charge in [0.05, 0.1) is 5.52 Å². The molecule has 0 unspecified atom stereocenters. The van der Waals surface area contributed by atoms with E-state index in [2.05, 4.69) is 11.2 Å². The second-order valence-corrected chi connectivity index (χ2v) is 6.85. The molecule has 3 rings (SSSR count). The highest BCUT2D eigenvalue weighted by molar-refractivity contribution is 8.00. The van der Waals surface area contributed by atoms with Crippen molar-refractivity contribution in [3.63, 3.8) is 0 Å². The minimum atomic E-state index is -0.608. The van der Waals surface area contributed by atoms with Gasteiger partial charge in [-0.25, -0.2) is 13.8 Å². The monoisotopic (exact) mass is 316 g/mol. The van der Waals surface area contributed by atoms with Crippen LogP contribution in [0, 0.1) is 11.6 Å². The Bertz CT molecular complexity index is 652. The summed E-state index contributed by atoms with van der Waals surface area (Å²) in [4.78, 5) is 4.32. The molecule has 6 heteroatoms. The topological polar surface area (TPSA) is 17.8 Å². The van der Waals surface area contributed by atoms with Crippen LogP contribution in [0.3, 0.4) is 0 Å². The number of fused-ring (bicyclic) bond motifs is 1. The fourth-order valence-corrected chi connectivity index (χ4v) is 3.44. The Kier molecular flexibility index (Phi) is 3.67. The minimum absolute atomic E-state index is 0.192. The summed E-state index contributed by atoms with van der Waals surface area (Å²) in [6, 6.07) is 2.24. The first-order valence-electron chi connectivity index (χ1n) is 6.54. The van der Waals surface area contributed by atoms with Crippen molar-refractivity contribution in [2.24, 2.45) is 0 Å². The van der Waals surface area contributed by atoms with Crippen LogP contribution in [0.15, 0.2) is 12.1 Å². The van der Waals surface area contributed by atoms with Crippen molar-refractivity contribution in [2.75, 3.05) is 12.1 Å². The summed E-state index contributed by atoms with van der Waals surface area (Å²) in [7, 11) is 0. The number of aromatic nitrogens is 2. The van der Waals surface area contributed by atoms with Crippen LogP contribution >= 0.6 is 23.4 Å². The average Bonchev–Trinajstić information content (AvgIpc) is 3.11. The van der Waals surface area contributed by atoms with Gasteiger partial charge in [-0.05, 0) is 25.2 Å². The number of nitrogens with zero attached hydrogens (tertiary/aromatic N) is 2. The Morgan fingerprint density at radius 2 is 2.15 bits per heavy atom. The lowest BCUT2D eigenvalue weighted by atomic mass is 10.3. The Morgan fingerprint density at radius 1 is 1.40 bits per heavy atom. The Hall–Kier alpha value is -0.810. The number of hydrogen-bond donors (Lipinski definition) is 0. The first-order valence-corrected chi connectivity index (χ1v) is 8.30. The SMILES string of the molecule is CSC1(Cn2c(CCCl)nc3c(F)cc(F)cc32)CC1. The number of benzene rings is 1. The molecule has 20 heavy (non-hydrogen) atoms. The maximum atomic E-state index is 13.9. The predicted octanol–water partition coefficient (Wildman–Crippen LogP) is 3.99. The van der Waals surface area contributed by atoms with Gasteiger partial charge in [-0.3, -0.25) is 0 Å². The first kappa shape index (κ1) is 14.1. The lowest BCUT2D eigenvalue weighted by Crippen LogP contribution is -2.16. The predicted molar refractivity (Wildman–Crippen MR) is 79.6 cm³/mol. The molecule has 1 fully saturated rings. The van der Waals surface area contributed by atoms with Crippen LogP contribution in [-0.4, -0.2) is 26.4 Å². The van der Waals surface area contributed by atoms with Crippen molar-refractivity contribution in [3.05, 3.63) is 29.6 Å². The van der Waals surface area contributed by atoms with E-state index >= 15 is 0 Å². The van der Waals surface area contributed by atoms with Crippen molar-refractivity contribution in [1.29, 1.82) is 0 Å². The van der Waals surface area contributed by atoms with E-state index in [1.165, 1.54) is 6.07 Å². The average molecular weight is 317 g/mol. The molecule has 1 saturated carbocycles.